The Hall–Kier alpha value is -1.14. The smallest absolute Gasteiger partial charge is 0.326 e. The molecule has 0 spiro atoms. The minimum atomic E-state index is -0.984. The fourth-order valence-corrected chi connectivity index (χ4v) is 2.32. The molecule has 0 saturated carbocycles. The summed E-state index contributed by atoms with van der Waals surface area (Å²) in [6, 6.07) is -0.796. The number of nitrogens with zero attached hydrogens (tertiary/aromatic N) is 1. The fourth-order valence-electron chi connectivity index (χ4n) is 2.32. The molecule has 1 rings (SSSR count). The summed E-state index contributed by atoms with van der Waals surface area (Å²) >= 11 is 0. The number of carboxylic acid groups (broad SMARTS) is 1. The van der Waals surface area contributed by atoms with Gasteiger partial charge in [0.25, 0.3) is 0 Å². The van der Waals surface area contributed by atoms with Crippen molar-refractivity contribution in [2.75, 3.05) is 20.2 Å². The third-order valence-corrected chi connectivity index (χ3v) is 3.54. The van der Waals surface area contributed by atoms with Gasteiger partial charge in [-0.1, -0.05) is 13.8 Å². The average molecular weight is 258 g/mol. The second-order valence-corrected chi connectivity index (χ2v) is 5.02. The quantitative estimate of drug-likeness (QED) is 0.719. The highest BCUT2D eigenvalue weighted by Gasteiger charge is 2.42. The van der Waals surface area contributed by atoms with Crippen LogP contribution < -0.4 is 5.73 Å². The van der Waals surface area contributed by atoms with Gasteiger partial charge in [-0.2, -0.15) is 0 Å². The lowest BCUT2D eigenvalue weighted by Crippen LogP contribution is -2.46. The number of hydrogen-bond donors (Lipinski definition) is 2. The van der Waals surface area contributed by atoms with Crippen molar-refractivity contribution in [2.24, 2.45) is 17.6 Å². The van der Waals surface area contributed by atoms with E-state index in [2.05, 4.69) is 0 Å². The average Bonchev–Trinajstić information content (AvgIpc) is 2.73. The van der Waals surface area contributed by atoms with E-state index in [9.17, 15) is 9.59 Å². The van der Waals surface area contributed by atoms with Gasteiger partial charge in [0.05, 0.1) is 12.0 Å². The Balaban J connectivity index is 2.85. The number of amides is 1. The Labute approximate surface area is 107 Å². The summed E-state index contributed by atoms with van der Waals surface area (Å²) < 4.78 is 5.16. The van der Waals surface area contributed by atoms with Crippen LogP contribution in [0.5, 0.6) is 0 Å². The fraction of sp³-hybridized carbons (Fsp3) is 0.833. The molecule has 0 radical (unpaired) electrons. The maximum atomic E-state index is 12.3. The van der Waals surface area contributed by atoms with E-state index in [-0.39, 0.29) is 30.4 Å². The number of nitrogens with two attached hydrogens (primary N) is 1. The molecule has 104 valence electrons. The van der Waals surface area contributed by atoms with E-state index < -0.39 is 12.0 Å². The van der Waals surface area contributed by atoms with Crippen LogP contribution in [-0.4, -0.2) is 54.2 Å². The SMILES string of the molecule is COC1CC(C(=O)O)N(C(=O)C(CN)C(C)C)C1. The van der Waals surface area contributed by atoms with Gasteiger partial charge in [-0.15, -0.1) is 0 Å². The summed E-state index contributed by atoms with van der Waals surface area (Å²) in [5, 5.41) is 9.16. The molecular formula is C12H22N2O4. The first-order valence-corrected chi connectivity index (χ1v) is 6.18. The lowest BCUT2D eigenvalue weighted by molar-refractivity contribution is -0.150. The van der Waals surface area contributed by atoms with Gasteiger partial charge in [-0.3, -0.25) is 4.79 Å². The Morgan fingerprint density at radius 3 is 2.50 bits per heavy atom. The summed E-state index contributed by atoms with van der Waals surface area (Å²) in [5.41, 5.74) is 5.60. The van der Waals surface area contributed by atoms with Crippen molar-refractivity contribution in [2.45, 2.75) is 32.4 Å². The second kappa shape index (κ2) is 6.15. The first-order chi connectivity index (χ1) is 8.42. The summed E-state index contributed by atoms with van der Waals surface area (Å²) in [6.45, 7) is 4.39. The maximum absolute atomic E-state index is 12.3. The molecule has 18 heavy (non-hydrogen) atoms. The van der Waals surface area contributed by atoms with Crippen LogP contribution in [0.4, 0.5) is 0 Å². The number of carbonyl (C=O) groups excluding carboxylic acids is 1. The summed E-state index contributed by atoms with van der Waals surface area (Å²) in [6.07, 6.45) is 0.132. The van der Waals surface area contributed by atoms with Gasteiger partial charge in [-0.25, -0.2) is 4.79 Å². The van der Waals surface area contributed by atoms with Crippen LogP contribution in [0.3, 0.4) is 0 Å². The van der Waals surface area contributed by atoms with Crippen LogP contribution in [0.25, 0.3) is 0 Å². The molecule has 0 aromatic rings. The number of carbonyl (C=O) groups is 2. The number of hydrogen-bond acceptors (Lipinski definition) is 4. The number of rotatable bonds is 5. The van der Waals surface area contributed by atoms with Crippen molar-refractivity contribution in [1.82, 2.24) is 4.90 Å². The largest absolute Gasteiger partial charge is 0.480 e. The highest BCUT2D eigenvalue weighted by atomic mass is 16.5. The number of carboxylic acids is 1. The molecule has 0 aliphatic carbocycles. The minimum absolute atomic E-state index is 0.0959. The van der Waals surface area contributed by atoms with Crippen LogP contribution in [0.2, 0.25) is 0 Å². The molecule has 1 aliphatic heterocycles. The molecule has 1 fully saturated rings. The minimum Gasteiger partial charge on any atom is -0.480 e. The van der Waals surface area contributed by atoms with Crippen molar-refractivity contribution in [1.29, 1.82) is 0 Å². The normalized spacial score (nSPS) is 25.5. The van der Waals surface area contributed by atoms with Crippen LogP contribution >= 0.6 is 0 Å². The van der Waals surface area contributed by atoms with E-state index in [1.807, 2.05) is 13.8 Å². The number of ether oxygens (including phenoxy) is 1. The predicted octanol–water partition coefficient (Wildman–Crippen LogP) is -0.0822. The van der Waals surface area contributed by atoms with Gasteiger partial charge in [0, 0.05) is 26.6 Å². The zero-order valence-corrected chi connectivity index (χ0v) is 11.1. The molecule has 0 aromatic carbocycles. The van der Waals surface area contributed by atoms with Crippen LogP contribution in [0.15, 0.2) is 0 Å². The van der Waals surface area contributed by atoms with Crippen molar-refractivity contribution in [3.63, 3.8) is 0 Å². The summed E-state index contributed by atoms with van der Waals surface area (Å²) in [5.74, 6) is -1.40. The second-order valence-electron chi connectivity index (χ2n) is 5.02. The van der Waals surface area contributed by atoms with Crippen molar-refractivity contribution in [3.05, 3.63) is 0 Å². The van der Waals surface area contributed by atoms with E-state index in [0.29, 0.717) is 13.0 Å². The first-order valence-electron chi connectivity index (χ1n) is 6.18. The molecule has 1 saturated heterocycles. The molecule has 6 nitrogen and oxygen atoms in total. The van der Waals surface area contributed by atoms with Crippen LogP contribution in [0, 0.1) is 11.8 Å². The monoisotopic (exact) mass is 258 g/mol. The highest BCUT2D eigenvalue weighted by Crippen LogP contribution is 2.24. The topological polar surface area (TPSA) is 92.9 Å². The van der Waals surface area contributed by atoms with Crippen LogP contribution in [0.1, 0.15) is 20.3 Å². The van der Waals surface area contributed by atoms with Gasteiger partial charge in [0.2, 0.25) is 5.91 Å². The van der Waals surface area contributed by atoms with E-state index in [1.54, 1.807) is 0 Å². The zero-order chi connectivity index (χ0) is 13.9. The van der Waals surface area contributed by atoms with Crippen molar-refractivity contribution in [3.8, 4) is 0 Å². The summed E-state index contributed by atoms with van der Waals surface area (Å²) in [4.78, 5) is 24.9. The molecule has 3 unspecified atom stereocenters. The Morgan fingerprint density at radius 2 is 2.11 bits per heavy atom. The van der Waals surface area contributed by atoms with Gasteiger partial charge in [0.1, 0.15) is 6.04 Å². The predicted molar refractivity (Wildman–Crippen MR) is 65.9 cm³/mol. The van der Waals surface area contributed by atoms with E-state index in [0.717, 1.165) is 0 Å². The molecule has 1 heterocycles. The Bertz CT molecular complexity index is 319. The molecule has 6 heteroatoms. The number of methoxy groups -OCH3 is 1. The van der Waals surface area contributed by atoms with Crippen molar-refractivity contribution < 1.29 is 19.4 Å². The Kier molecular flexibility index (Phi) is 5.10. The Morgan fingerprint density at radius 1 is 1.50 bits per heavy atom. The lowest BCUT2D eigenvalue weighted by atomic mass is 9.94. The molecule has 1 amide bonds. The van der Waals surface area contributed by atoms with Gasteiger partial charge in [0.15, 0.2) is 0 Å². The third kappa shape index (κ3) is 3.00. The molecule has 0 bridgehead atoms. The molecule has 3 atom stereocenters. The number of aliphatic carboxylic acids is 1. The van der Waals surface area contributed by atoms with Gasteiger partial charge >= 0.3 is 5.97 Å². The van der Waals surface area contributed by atoms with Gasteiger partial charge < -0.3 is 20.5 Å². The van der Waals surface area contributed by atoms with Gasteiger partial charge in [-0.05, 0) is 5.92 Å². The van der Waals surface area contributed by atoms with E-state index in [4.69, 9.17) is 15.6 Å². The molecule has 0 aromatic heterocycles. The number of likely N-dealkylation sites (tertiary alicyclic amines) is 1. The molecular weight excluding hydrogens is 236 g/mol. The van der Waals surface area contributed by atoms with E-state index in [1.165, 1.54) is 12.0 Å². The third-order valence-electron chi connectivity index (χ3n) is 3.54. The van der Waals surface area contributed by atoms with Crippen LogP contribution in [-0.2, 0) is 14.3 Å². The lowest BCUT2D eigenvalue weighted by Gasteiger charge is -2.27. The molecule has 1 aliphatic rings. The van der Waals surface area contributed by atoms with E-state index >= 15 is 0 Å². The molecule has 3 N–H and O–H groups in total. The highest BCUT2D eigenvalue weighted by molar-refractivity contribution is 5.86. The maximum Gasteiger partial charge on any atom is 0.326 e. The first kappa shape index (κ1) is 14.9. The standard InChI is InChI=1S/C12H22N2O4/c1-7(2)9(5-13)11(15)14-6-8(18-3)4-10(14)12(16)17/h7-10H,4-6,13H2,1-3H3,(H,16,17). The summed E-state index contributed by atoms with van der Waals surface area (Å²) in [7, 11) is 1.53. The van der Waals surface area contributed by atoms with Crippen molar-refractivity contribution >= 4 is 11.9 Å². The zero-order valence-electron chi connectivity index (χ0n) is 11.1.